The Morgan fingerprint density at radius 1 is 0.212 bits per heavy atom. The normalized spacial score (nSPS) is 15.7. The molecule has 18 rings (SSSR count). The quantitative estimate of drug-likeness (QED) is 0.134. The van der Waals surface area contributed by atoms with Gasteiger partial charge in [-0.1, -0.05) is 413 Å². The van der Waals surface area contributed by atoms with Gasteiger partial charge in [-0.05, 0) is 278 Å². The van der Waals surface area contributed by atoms with Crippen LogP contribution in [0.1, 0.15) is 339 Å². The van der Waals surface area contributed by atoms with Crippen molar-refractivity contribution in [1.82, 2.24) is 9.13 Å². The minimum absolute atomic E-state index is 0.0434. The standard InChI is InChI=1S/C132H151BN4/c1-121(2,3)85-49-45-80(46-50-85)100-74-94(130(28,29)30)76-102(84-65-92(128(22,23)24)70-93(66-84)129(25,26)27)119(100)136-114-78-96(134-110-43-39-37-41-98(110)99-42-38-40-44-111(99)134)56-59-108(114)133-109-60-57-97(135-112-61-54-88(124(10,11)12)72-104(112)105-73-89(125(13,14)15)55-62-113(105)135)79-115(109)137(117-68-83(67-116(136)118(117)133)82-63-90(126(16,17)18)69-91(64-82)127(19,20)21)120-101(81-47-51-86(52-48-81)122(4,5)6)75-95(131(31,32)33)77-106(120)103-71-87(123(7,8)9)53-58-107(103)132(34,35)36/h37-79H,1-36H3/i37D,38D,39D,40D,41D,42D,43D,44D,47D,48D,51D,52D,53D,58D,71D,75D,77D. The fourth-order valence-corrected chi connectivity index (χ4v) is 19.8. The first-order valence-electron chi connectivity index (χ1n) is 57.8. The molecule has 2 aliphatic heterocycles. The highest BCUT2D eigenvalue weighted by Crippen LogP contribution is 2.59. The van der Waals surface area contributed by atoms with E-state index in [4.69, 9.17) is 0 Å². The fraction of sp³-hybridized carbons (Fsp3) is 0.364. The van der Waals surface area contributed by atoms with Crippen molar-refractivity contribution in [3.8, 4) is 67.0 Å². The monoisotopic (exact) mass is 1820 g/mol. The van der Waals surface area contributed by atoms with E-state index in [0.717, 1.165) is 94.1 Å². The number of nitrogens with zero attached hydrogens (tertiary/aromatic N) is 4. The van der Waals surface area contributed by atoms with E-state index in [1.165, 1.54) is 0 Å². The van der Waals surface area contributed by atoms with Crippen molar-refractivity contribution in [2.75, 3.05) is 9.80 Å². The van der Waals surface area contributed by atoms with Crippen LogP contribution in [0.25, 0.3) is 111 Å². The van der Waals surface area contributed by atoms with Crippen LogP contribution in [0.15, 0.2) is 260 Å². The molecule has 0 fully saturated rings. The predicted octanol–water partition coefficient (Wildman–Crippen LogP) is 35.9. The van der Waals surface area contributed by atoms with Crippen LogP contribution >= 0.6 is 0 Å². The van der Waals surface area contributed by atoms with Crippen molar-refractivity contribution in [2.24, 2.45) is 0 Å². The highest BCUT2D eigenvalue weighted by atomic mass is 15.2. The first-order valence-corrected chi connectivity index (χ1v) is 49.3. The number of fused-ring (bicyclic) bond motifs is 10. The average Bonchev–Trinajstić information content (AvgIpc) is 1.03. The molecule has 0 saturated heterocycles. The summed E-state index contributed by atoms with van der Waals surface area (Å²) in [6.45, 7) is 75.5. The topological polar surface area (TPSA) is 16.3 Å². The van der Waals surface area contributed by atoms with E-state index in [1.54, 1.807) is 4.57 Å². The minimum atomic E-state index is -1.18. The first kappa shape index (κ1) is 76.3. The summed E-state index contributed by atoms with van der Waals surface area (Å²) in [6.07, 6.45) is 0. The molecule has 0 N–H and O–H groups in total. The van der Waals surface area contributed by atoms with Gasteiger partial charge in [-0.3, -0.25) is 0 Å². The first-order chi connectivity index (χ1) is 70.6. The molecule has 5 heteroatoms. The largest absolute Gasteiger partial charge is 0.310 e. The van der Waals surface area contributed by atoms with Gasteiger partial charge in [0.25, 0.3) is 6.71 Å². The summed E-state index contributed by atoms with van der Waals surface area (Å²) >= 11 is 0. The van der Waals surface area contributed by atoms with Crippen molar-refractivity contribution in [1.29, 1.82) is 0 Å². The third-order valence-electron chi connectivity index (χ3n) is 28.5. The number of rotatable bonds is 9. The second-order valence-corrected chi connectivity index (χ2v) is 51.7. The Morgan fingerprint density at radius 3 is 0.978 bits per heavy atom. The molecular formula is C132H151BN4. The molecule has 702 valence electrons. The zero-order valence-electron chi connectivity index (χ0n) is 105. The predicted molar refractivity (Wildman–Crippen MR) is 601 cm³/mol. The van der Waals surface area contributed by atoms with Gasteiger partial charge < -0.3 is 18.9 Å². The zero-order chi connectivity index (χ0) is 114. The minimum Gasteiger partial charge on any atom is -0.310 e. The lowest BCUT2D eigenvalue weighted by Crippen LogP contribution is -2.61. The van der Waals surface area contributed by atoms with Crippen LogP contribution in [0, 0.1) is 0 Å². The number of anilines is 6. The van der Waals surface area contributed by atoms with Crippen LogP contribution in [0.2, 0.25) is 0 Å². The molecule has 2 aliphatic rings. The van der Waals surface area contributed by atoms with Gasteiger partial charge in [0, 0.05) is 77.9 Å². The maximum atomic E-state index is 12.1. The highest BCUT2D eigenvalue weighted by molar-refractivity contribution is 7.00. The molecule has 0 spiro atoms. The maximum Gasteiger partial charge on any atom is 0.252 e. The van der Waals surface area contributed by atoms with Crippen molar-refractivity contribution in [2.45, 2.75) is 314 Å². The molecule has 0 aliphatic carbocycles. The summed E-state index contributed by atoms with van der Waals surface area (Å²) in [6, 6.07) is 51.1. The van der Waals surface area contributed by atoms with E-state index < -0.39 is 116 Å². The lowest BCUT2D eigenvalue weighted by atomic mass is 9.33. The number of aromatic nitrogens is 2. The number of hydrogen-bond acceptors (Lipinski definition) is 2. The summed E-state index contributed by atoms with van der Waals surface area (Å²) < 4.78 is 184. The third-order valence-corrected chi connectivity index (χ3v) is 28.5. The van der Waals surface area contributed by atoms with Crippen LogP contribution in [-0.2, 0) is 65.0 Å². The molecule has 0 saturated carbocycles. The second-order valence-electron chi connectivity index (χ2n) is 51.7. The van der Waals surface area contributed by atoms with Crippen LogP contribution in [-0.4, -0.2) is 15.8 Å². The lowest BCUT2D eigenvalue weighted by Gasteiger charge is -2.46. The fourth-order valence-electron chi connectivity index (χ4n) is 19.8. The Bertz CT molecular complexity index is 8400. The highest BCUT2D eigenvalue weighted by Gasteiger charge is 2.48. The summed E-state index contributed by atoms with van der Waals surface area (Å²) in [7, 11) is 0. The van der Waals surface area contributed by atoms with E-state index in [2.05, 4.69) is 326 Å². The molecule has 4 heterocycles. The smallest absolute Gasteiger partial charge is 0.252 e. The number of benzene rings is 14. The van der Waals surface area contributed by atoms with E-state index in [-0.39, 0.29) is 136 Å². The molecule has 16 aromatic rings. The molecule has 2 aromatic heterocycles. The van der Waals surface area contributed by atoms with Crippen molar-refractivity contribution in [3.05, 3.63) is 327 Å². The van der Waals surface area contributed by atoms with Gasteiger partial charge in [0.1, 0.15) is 0 Å². The summed E-state index contributed by atoms with van der Waals surface area (Å²) in [5.41, 5.74) is 13.5. The molecule has 0 radical (unpaired) electrons. The average molecular weight is 1820 g/mol. The number of hydrogen-bond donors (Lipinski definition) is 0. The van der Waals surface area contributed by atoms with Gasteiger partial charge in [0.15, 0.2) is 0 Å². The lowest BCUT2D eigenvalue weighted by molar-refractivity contribution is 0.568. The van der Waals surface area contributed by atoms with Crippen LogP contribution in [0.3, 0.4) is 0 Å². The van der Waals surface area contributed by atoms with Gasteiger partial charge in [-0.15, -0.1) is 0 Å². The summed E-state index contributed by atoms with van der Waals surface area (Å²) in [5.74, 6) is 0. The molecular weight excluding hydrogens is 1650 g/mol. The van der Waals surface area contributed by atoms with Gasteiger partial charge >= 0.3 is 0 Å². The van der Waals surface area contributed by atoms with E-state index in [0.29, 0.717) is 56.1 Å². The van der Waals surface area contributed by atoms with E-state index in [9.17, 15) is 23.3 Å². The Labute approximate surface area is 846 Å². The molecule has 137 heavy (non-hydrogen) atoms. The second kappa shape index (κ2) is 32.5. The van der Waals surface area contributed by atoms with Crippen molar-refractivity contribution >= 4 is 101 Å². The SMILES string of the molecule is [2H]c1c([2H])c(C(C)(C)C)c([2H])c([2H])c1-c1c([2H])c(C(C)(C)C)c([2H])c(-c2c([2H])c(C(C)(C)C)c([2H])c([2H])c2C(C)(C)C)c1N1c2cc(-n3c4ccc(C(C)(C)C)cc4c4cc(C(C)(C)C)ccc43)ccc2B2c3ccc(-n4c5c([2H])c([2H])c([2H])c([2H])c5c5c([2H])c([2H])c([2H])c([2H])c54)cc3N(c3c(-c4ccc(C(C)(C)C)cc4)cc(C(C)(C)C)cc3-c3cc(C(C)(C)C)cc(C(C)(C)C)c3)c3cc(-c4cc(C(C)(C)C)cc(C(C)(C)C)c4)cc1c32. The summed E-state index contributed by atoms with van der Waals surface area (Å²) in [5, 5.41) is 1.81. The van der Waals surface area contributed by atoms with Crippen molar-refractivity contribution < 1.29 is 23.3 Å². The van der Waals surface area contributed by atoms with Crippen LogP contribution in [0.5, 0.6) is 0 Å². The molecule has 14 aromatic carbocycles. The molecule has 0 unspecified atom stereocenters. The molecule has 0 amide bonds. The van der Waals surface area contributed by atoms with Crippen LogP contribution in [0.4, 0.5) is 34.1 Å². The molecule has 4 nitrogen and oxygen atoms in total. The molecule has 0 bridgehead atoms. The van der Waals surface area contributed by atoms with Gasteiger partial charge in [0.2, 0.25) is 0 Å². The van der Waals surface area contributed by atoms with Gasteiger partial charge in [-0.2, -0.15) is 0 Å². The Morgan fingerprint density at radius 2 is 0.562 bits per heavy atom. The Balaban J connectivity index is 1.20. The van der Waals surface area contributed by atoms with E-state index >= 15 is 0 Å². The van der Waals surface area contributed by atoms with Gasteiger partial charge in [-0.25, -0.2) is 0 Å². The third kappa shape index (κ3) is 17.4. The molecule has 0 atom stereocenters. The Hall–Kier alpha value is -11.7. The van der Waals surface area contributed by atoms with Gasteiger partial charge in [0.05, 0.1) is 56.7 Å². The zero-order valence-corrected chi connectivity index (χ0v) is 88.4. The number of para-hydroxylation sites is 2. The Kier molecular flexibility index (Phi) is 18.1. The summed E-state index contributed by atoms with van der Waals surface area (Å²) in [4.78, 5) is 4.52. The van der Waals surface area contributed by atoms with Crippen LogP contribution < -0.4 is 26.2 Å². The van der Waals surface area contributed by atoms with Crippen molar-refractivity contribution in [3.63, 3.8) is 0 Å². The maximum absolute atomic E-state index is 12.1. The van der Waals surface area contributed by atoms with E-state index in [1.807, 2.05) is 95.2 Å².